The summed E-state index contributed by atoms with van der Waals surface area (Å²) in [4.78, 5) is 21.8. The van der Waals surface area contributed by atoms with Gasteiger partial charge in [0, 0.05) is 6.92 Å². The van der Waals surface area contributed by atoms with Crippen LogP contribution in [0.25, 0.3) is 0 Å². The first-order valence-corrected chi connectivity index (χ1v) is 5.00. The van der Waals surface area contributed by atoms with Crippen LogP contribution in [-0.2, 0) is 14.3 Å². The van der Waals surface area contributed by atoms with Crippen LogP contribution in [-0.4, -0.2) is 11.8 Å². The summed E-state index contributed by atoms with van der Waals surface area (Å²) in [6, 6.07) is 9.28. The van der Waals surface area contributed by atoms with E-state index >= 15 is 0 Å². The van der Waals surface area contributed by atoms with Crippen molar-refractivity contribution < 1.29 is 14.3 Å². The van der Waals surface area contributed by atoms with E-state index in [9.17, 15) is 9.59 Å². The molecule has 84 valence electrons. The average molecular weight is 218 g/mol. The van der Waals surface area contributed by atoms with Crippen molar-refractivity contribution in [2.24, 2.45) is 0 Å². The summed E-state index contributed by atoms with van der Waals surface area (Å²) in [6.45, 7) is 2.80. The number of ether oxygens (including phenoxy) is 1. The number of carbonyl (C=O) groups is 2. The molecule has 0 saturated carbocycles. The summed E-state index contributed by atoms with van der Waals surface area (Å²) in [5, 5.41) is 0. The van der Waals surface area contributed by atoms with Crippen molar-refractivity contribution in [3.05, 3.63) is 48.0 Å². The molecular formula is C13H14O3. The fraction of sp³-hybridized carbons (Fsp3) is 0.231. The second-order valence-corrected chi connectivity index (χ2v) is 3.41. The summed E-state index contributed by atoms with van der Waals surface area (Å²) in [5.41, 5.74) is 0.843. The third-order valence-electron chi connectivity index (χ3n) is 1.93. The molecule has 1 rings (SSSR count). The van der Waals surface area contributed by atoms with Crippen molar-refractivity contribution >= 4 is 11.8 Å². The van der Waals surface area contributed by atoms with Crippen molar-refractivity contribution in [3.8, 4) is 0 Å². The summed E-state index contributed by atoms with van der Waals surface area (Å²) < 4.78 is 5.11. The molecule has 3 nitrogen and oxygen atoms in total. The lowest BCUT2D eigenvalue weighted by atomic mass is 10.1. The number of benzene rings is 1. The summed E-state index contributed by atoms with van der Waals surface area (Å²) >= 11 is 0. The van der Waals surface area contributed by atoms with E-state index in [1.807, 2.05) is 30.3 Å². The van der Waals surface area contributed by atoms with Crippen LogP contribution >= 0.6 is 0 Å². The Morgan fingerprint density at radius 2 is 1.81 bits per heavy atom. The van der Waals surface area contributed by atoms with Crippen molar-refractivity contribution in [1.29, 1.82) is 0 Å². The number of ketones is 1. The molecule has 0 aliphatic rings. The second kappa shape index (κ2) is 5.85. The van der Waals surface area contributed by atoms with Gasteiger partial charge in [-0.05, 0) is 24.6 Å². The first-order chi connectivity index (χ1) is 7.59. The molecule has 0 spiro atoms. The van der Waals surface area contributed by atoms with Crippen molar-refractivity contribution in [2.75, 3.05) is 0 Å². The Bertz CT molecular complexity index is 393. The number of allylic oxidation sites excluding steroid dienone is 1. The van der Waals surface area contributed by atoms with Gasteiger partial charge in [-0.15, -0.1) is 0 Å². The molecule has 0 saturated heterocycles. The van der Waals surface area contributed by atoms with Gasteiger partial charge in [0.25, 0.3) is 0 Å². The lowest BCUT2D eigenvalue weighted by Crippen LogP contribution is -2.06. The zero-order valence-corrected chi connectivity index (χ0v) is 9.34. The van der Waals surface area contributed by atoms with Crippen LogP contribution in [0.3, 0.4) is 0 Å². The molecule has 0 bridgehead atoms. The number of carbonyl (C=O) groups excluding carboxylic acids is 2. The largest absolute Gasteiger partial charge is 0.453 e. The van der Waals surface area contributed by atoms with Gasteiger partial charge in [0.2, 0.25) is 0 Å². The van der Waals surface area contributed by atoms with Crippen LogP contribution < -0.4 is 0 Å². The number of rotatable bonds is 4. The first-order valence-electron chi connectivity index (χ1n) is 5.00. The Labute approximate surface area is 94.7 Å². The molecule has 0 heterocycles. The maximum absolute atomic E-state index is 10.9. The number of esters is 1. The molecule has 1 aromatic rings. The minimum Gasteiger partial charge on any atom is -0.453 e. The van der Waals surface area contributed by atoms with E-state index in [0.29, 0.717) is 0 Å². The summed E-state index contributed by atoms with van der Waals surface area (Å²) in [6.07, 6.45) is 2.49. The van der Waals surface area contributed by atoms with Gasteiger partial charge < -0.3 is 4.74 Å². The molecule has 0 amide bonds. The SMILES string of the molecule is CC(=O)C=CC(OC(C)=O)c1ccccc1. The van der Waals surface area contributed by atoms with E-state index in [2.05, 4.69) is 0 Å². The van der Waals surface area contributed by atoms with Crippen LogP contribution in [0.15, 0.2) is 42.5 Å². The number of hydrogen-bond acceptors (Lipinski definition) is 3. The average Bonchev–Trinajstić information content (AvgIpc) is 2.25. The van der Waals surface area contributed by atoms with E-state index in [0.717, 1.165) is 5.56 Å². The maximum atomic E-state index is 10.9. The molecule has 3 heteroatoms. The Morgan fingerprint density at radius 1 is 1.19 bits per heavy atom. The van der Waals surface area contributed by atoms with Gasteiger partial charge in [0.15, 0.2) is 5.78 Å². The van der Waals surface area contributed by atoms with Gasteiger partial charge >= 0.3 is 5.97 Å². The van der Waals surface area contributed by atoms with Crippen LogP contribution in [0.4, 0.5) is 0 Å². The predicted molar refractivity (Wildman–Crippen MR) is 60.8 cm³/mol. The zero-order valence-electron chi connectivity index (χ0n) is 9.34. The molecule has 0 aliphatic carbocycles. The third-order valence-corrected chi connectivity index (χ3v) is 1.93. The second-order valence-electron chi connectivity index (χ2n) is 3.41. The molecule has 0 aromatic heterocycles. The highest BCUT2D eigenvalue weighted by Gasteiger charge is 2.10. The van der Waals surface area contributed by atoms with Gasteiger partial charge in [0.1, 0.15) is 6.10 Å². The topological polar surface area (TPSA) is 43.4 Å². The minimum absolute atomic E-state index is 0.0758. The monoisotopic (exact) mass is 218 g/mol. The highest BCUT2D eigenvalue weighted by Crippen LogP contribution is 2.18. The highest BCUT2D eigenvalue weighted by atomic mass is 16.5. The highest BCUT2D eigenvalue weighted by molar-refractivity contribution is 5.87. The molecule has 0 fully saturated rings. The standard InChI is InChI=1S/C13H14O3/c1-10(14)8-9-13(16-11(2)15)12-6-4-3-5-7-12/h3-9,13H,1-2H3. The van der Waals surface area contributed by atoms with Gasteiger partial charge in [0.05, 0.1) is 0 Å². The van der Waals surface area contributed by atoms with Gasteiger partial charge in [-0.1, -0.05) is 30.3 Å². The smallest absolute Gasteiger partial charge is 0.303 e. The Balaban J connectivity index is 2.87. The van der Waals surface area contributed by atoms with Crippen LogP contribution in [0.1, 0.15) is 25.5 Å². The first kappa shape index (κ1) is 12.2. The van der Waals surface area contributed by atoms with Crippen molar-refractivity contribution in [3.63, 3.8) is 0 Å². The van der Waals surface area contributed by atoms with Crippen LogP contribution in [0, 0.1) is 0 Å². The van der Waals surface area contributed by atoms with E-state index in [1.165, 1.54) is 19.9 Å². The third kappa shape index (κ3) is 4.09. The van der Waals surface area contributed by atoms with Crippen molar-refractivity contribution in [1.82, 2.24) is 0 Å². The Morgan fingerprint density at radius 3 is 2.31 bits per heavy atom. The molecule has 16 heavy (non-hydrogen) atoms. The normalized spacial score (nSPS) is 12.4. The minimum atomic E-state index is -0.498. The van der Waals surface area contributed by atoms with Gasteiger partial charge in [-0.25, -0.2) is 0 Å². The Hall–Kier alpha value is -1.90. The predicted octanol–water partition coefficient (Wildman–Crippen LogP) is 2.44. The summed E-state index contributed by atoms with van der Waals surface area (Å²) in [7, 11) is 0. The van der Waals surface area contributed by atoms with Gasteiger partial charge in [-0.3, -0.25) is 9.59 Å². The lowest BCUT2D eigenvalue weighted by Gasteiger charge is -2.12. The fourth-order valence-electron chi connectivity index (χ4n) is 1.26. The summed E-state index contributed by atoms with van der Waals surface area (Å²) in [5.74, 6) is -0.449. The Kier molecular flexibility index (Phi) is 4.45. The fourth-order valence-corrected chi connectivity index (χ4v) is 1.26. The molecule has 1 aromatic carbocycles. The molecule has 1 unspecified atom stereocenters. The van der Waals surface area contributed by atoms with E-state index in [-0.39, 0.29) is 11.8 Å². The van der Waals surface area contributed by atoms with E-state index in [4.69, 9.17) is 4.74 Å². The molecule has 0 radical (unpaired) electrons. The van der Waals surface area contributed by atoms with E-state index in [1.54, 1.807) is 6.08 Å². The number of hydrogen-bond donors (Lipinski definition) is 0. The molecule has 0 aliphatic heterocycles. The molecular weight excluding hydrogens is 204 g/mol. The molecule has 0 N–H and O–H groups in total. The van der Waals surface area contributed by atoms with Crippen LogP contribution in [0.5, 0.6) is 0 Å². The van der Waals surface area contributed by atoms with E-state index < -0.39 is 6.10 Å². The van der Waals surface area contributed by atoms with Crippen molar-refractivity contribution in [2.45, 2.75) is 20.0 Å². The zero-order chi connectivity index (χ0) is 12.0. The van der Waals surface area contributed by atoms with Gasteiger partial charge in [-0.2, -0.15) is 0 Å². The molecule has 1 atom stereocenters. The van der Waals surface area contributed by atoms with Crippen LogP contribution in [0.2, 0.25) is 0 Å². The maximum Gasteiger partial charge on any atom is 0.303 e. The quantitative estimate of drug-likeness (QED) is 0.576. The lowest BCUT2D eigenvalue weighted by molar-refractivity contribution is -0.144.